The fourth-order valence-electron chi connectivity index (χ4n) is 1.52. The Morgan fingerprint density at radius 1 is 1.12 bits per heavy atom. The second-order valence-corrected chi connectivity index (χ2v) is 4.35. The van der Waals surface area contributed by atoms with E-state index >= 15 is 0 Å². The molecule has 1 aromatic rings. The molecule has 0 heterocycles. The molecular formula is C14H23NO2. The first kappa shape index (κ1) is 14.2. The van der Waals surface area contributed by atoms with Crippen LogP contribution in [0.15, 0.2) is 24.3 Å². The van der Waals surface area contributed by atoms with Crippen molar-refractivity contribution in [3.05, 3.63) is 35.4 Å². The van der Waals surface area contributed by atoms with E-state index in [0.717, 1.165) is 19.7 Å². The zero-order chi connectivity index (χ0) is 12.5. The average molecular weight is 237 g/mol. The Morgan fingerprint density at radius 3 is 2.35 bits per heavy atom. The average Bonchev–Trinajstić information content (AvgIpc) is 2.31. The smallest absolute Gasteiger partial charge is 0.0713 e. The molecule has 0 unspecified atom stereocenters. The SMILES string of the molecule is COCc1ccc(CNCCOC(C)C)cc1. The van der Waals surface area contributed by atoms with Gasteiger partial charge in [-0.1, -0.05) is 24.3 Å². The Bertz CT molecular complexity index is 296. The van der Waals surface area contributed by atoms with Crippen molar-refractivity contribution in [1.29, 1.82) is 0 Å². The highest BCUT2D eigenvalue weighted by Crippen LogP contribution is 2.05. The van der Waals surface area contributed by atoms with Crippen LogP contribution in [0.4, 0.5) is 0 Å². The van der Waals surface area contributed by atoms with Gasteiger partial charge in [-0.2, -0.15) is 0 Å². The van der Waals surface area contributed by atoms with Crippen molar-refractivity contribution in [2.45, 2.75) is 33.1 Å². The Morgan fingerprint density at radius 2 is 1.76 bits per heavy atom. The first-order valence-corrected chi connectivity index (χ1v) is 6.11. The highest BCUT2D eigenvalue weighted by molar-refractivity contribution is 5.21. The summed E-state index contributed by atoms with van der Waals surface area (Å²) in [7, 11) is 1.71. The lowest BCUT2D eigenvalue weighted by atomic mass is 10.1. The second-order valence-electron chi connectivity index (χ2n) is 4.35. The number of methoxy groups -OCH3 is 1. The molecule has 1 aromatic carbocycles. The maximum absolute atomic E-state index is 5.45. The molecule has 0 aromatic heterocycles. The Kier molecular flexibility index (Phi) is 6.86. The van der Waals surface area contributed by atoms with Gasteiger partial charge in [0.1, 0.15) is 0 Å². The van der Waals surface area contributed by atoms with Gasteiger partial charge in [-0.05, 0) is 25.0 Å². The van der Waals surface area contributed by atoms with E-state index in [0.29, 0.717) is 12.7 Å². The molecule has 0 radical (unpaired) electrons. The lowest BCUT2D eigenvalue weighted by Crippen LogP contribution is -2.20. The molecule has 0 saturated carbocycles. The Balaban J connectivity index is 2.18. The number of nitrogens with one attached hydrogen (secondary N) is 1. The van der Waals surface area contributed by atoms with Crippen molar-refractivity contribution in [3.8, 4) is 0 Å². The summed E-state index contributed by atoms with van der Waals surface area (Å²) in [5.74, 6) is 0. The number of hydrogen-bond acceptors (Lipinski definition) is 3. The molecule has 0 amide bonds. The largest absolute Gasteiger partial charge is 0.380 e. The third kappa shape index (κ3) is 6.41. The molecule has 0 atom stereocenters. The van der Waals surface area contributed by atoms with E-state index in [-0.39, 0.29) is 0 Å². The van der Waals surface area contributed by atoms with Crippen molar-refractivity contribution in [2.24, 2.45) is 0 Å². The summed E-state index contributed by atoms with van der Waals surface area (Å²) >= 11 is 0. The van der Waals surface area contributed by atoms with Gasteiger partial charge in [-0.25, -0.2) is 0 Å². The topological polar surface area (TPSA) is 30.5 Å². The molecule has 0 aliphatic carbocycles. The van der Waals surface area contributed by atoms with Crippen molar-refractivity contribution in [2.75, 3.05) is 20.3 Å². The zero-order valence-corrected chi connectivity index (χ0v) is 11.0. The van der Waals surface area contributed by atoms with Gasteiger partial charge in [0.2, 0.25) is 0 Å². The van der Waals surface area contributed by atoms with Gasteiger partial charge in [0.15, 0.2) is 0 Å². The fourth-order valence-corrected chi connectivity index (χ4v) is 1.52. The Hall–Kier alpha value is -0.900. The third-order valence-electron chi connectivity index (χ3n) is 2.39. The van der Waals surface area contributed by atoms with Gasteiger partial charge < -0.3 is 14.8 Å². The van der Waals surface area contributed by atoms with E-state index in [1.54, 1.807) is 7.11 Å². The standard InChI is InChI=1S/C14H23NO2/c1-12(2)17-9-8-15-10-13-4-6-14(7-5-13)11-16-3/h4-7,12,15H,8-11H2,1-3H3. The van der Waals surface area contributed by atoms with Crippen LogP contribution in [0.3, 0.4) is 0 Å². The predicted octanol–water partition coefficient (Wildman–Crippen LogP) is 2.35. The molecule has 3 heteroatoms. The van der Waals surface area contributed by atoms with Crippen LogP contribution in [0, 0.1) is 0 Å². The number of rotatable bonds is 8. The molecule has 1 rings (SSSR count). The molecule has 0 aliphatic heterocycles. The zero-order valence-electron chi connectivity index (χ0n) is 11.0. The van der Waals surface area contributed by atoms with E-state index in [2.05, 4.69) is 43.4 Å². The quantitative estimate of drug-likeness (QED) is 0.704. The van der Waals surface area contributed by atoms with Crippen LogP contribution in [-0.4, -0.2) is 26.4 Å². The molecule has 0 aliphatic rings. The van der Waals surface area contributed by atoms with E-state index in [4.69, 9.17) is 9.47 Å². The molecule has 17 heavy (non-hydrogen) atoms. The summed E-state index contributed by atoms with van der Waals surface area (Å²) in [6.45, 7) is 7.31. The number of benzene rings is 1. The van der Waals surface area contributed by atoms with Gasteiger partial charge in [0.25, 0.3) is 0 Å². The lowest BCUT2D eigenvalue weighted by Gasteiger charge is -2.09. The summed E-state index contributed by atoms with van der Waals surface area (Å²) < 4.78 is 10.5. The highest BCUT2D eigenvalue weighted by atomic mass is 16.5. The van der Waals surface area contributed by atoms with E-state index in [1.807, 2.05) is 0 Å². The molecule has 1 N–H and O–H groups in total. The lowest BCUT2D eigenvalue weighted by molar-refractivity contribution is 0.0807. The van der Waals surface area contributed by atoms with Crippen LogP contribution in [0.2, 0.25) is 0 Å². The van der Waals surface area contributed by atoms with Crippen LogP contribution in [-0.2, 0) is 22.6 Å². The van der Waals surface area contributed by atoms with Crippen LogP contribution >= 0.6 is 0 Å². The van der Waals surface area contributed by atoms with Gasteiger partial charge in [0.05, 0.1) is 19.3 Å². The number of ether oxygens (including phenoxy) is 2. The van der Waals surface area contributed by atoms with Crippen LogP contribution in [0.5, 0.6) is 0 Å². The van der Waals surface area contributed by atoms with Crippen molar-refractivity contribution >= 4 is 0 Å². The van der Waals surface area contributed by atoms with E-state index < -0.39 is 0 Å². The molecular weight excluding hydrogens is 214 g/mol. The molecule has 3 nitrogen and oxygen atoms in total. The van der Waals surface area contributed by atoms with Gasteiger partial charge in [-0.15, -0.1) is 0 Å². The van der Waals surface area contributed by atoms with E-state index in [1.165, 1.54) is 11.1 Å². The predicted molar refractivity (Wildman–Crippen MR) is 69.9 cm³/mol. The first-order valence-electron chi connectivity index (χ1n) is 6.11. The second kappa shape index (κ2) is 8.23. The maximum atomic E-state index is 5.45. The third-order valence-corrected chi connectivity index (χ3v) is 2.39. The molecule has 0 fully saturated rings. The maximum Gasteiger partial charge on any atom is 0.0713 e. The van der Waals surface area contributed by atoms with Gasteiger partial charge >= 0.3 is 0 Å². The minimum Gasteiger partial charge on any atom is -0.380 e. The van der Waals surface area contributed by atoms with Crippen LogP contribution < -0.4 is 5.32 Å². The Labute approximate surface area is 104 Å². The fraction of sp³-hybridized carbons (Fsp3) is 0.571. The minimum absolute atomic E-state index is 0.310. The normalized spacial score (nSPS) is 11.1. The van der Waals surface area contributed by atoms with E-state index in [9.17, 15) is 0 Å². The van der Waals surface area contributed by atoms with Crippen molar-refractivity contribution in [1.82, 2.24) is 5.32 Å². The van der Waals surface area contributed by atoms with Gasteiger partial charge in [-0.3, -0.25) is 0 Å². The molecule has 96 valence electrons. The molecule has 0 spiro atoms. The van der Waals surface area contributed by atoms with Gasteiger partial charge in [0, 0.05) is 20.2 Å². The number of hydrogen-bond donors (Lipinski definition) is 1. The molecule has 0 saturated heterocycles. The highest BCUT2D eigenvalue weighted by Gasteiger charge is 1.95. The first-order chi connectivity index (χ1) is 8.22. The summed E-state index contributed by atoms with van der Waals surface area (Å²) in [4.78, 5) is 0. The van der Waals surface area contributed by atoms with Crippen LogP contribution in [0.25, 0.3) is 0 Å². The monoisotopic (exact) mass is 237 g/mol. The summed E-state index contributed by atoms with van der Waals surface area (Å²) in [5.41, 5.74) is 2.49. The molecule has 0 bridgehead atoms. The summed E-state index contributed by atoms with van der Waals surface area (Å²) in [5, 5.41) is 3.35. The van der Waals surface area contributed by atoms with Crippen molar-refractivity contribution in [3.63, 3.8) is 0 Å². The summed E-state index contributed by atoms with van der Waals surface area (Å²) in [6.07, 6.45) is 0.310. The summed E-state index contributed by atoms with van der Waals surface area (Å²) in [6, 6.07) is 8.46. The van der Waals surface area contributed by atoms with Crippen LogP contribution in [0.1, 0.15) is 25.0 Å². The van der Waals surface area contributed by atoms with Crippen molar-refractivity contribution < 1.29 is 9.47 Å². The minimum atomic E-state index is 0.310.